The van der Waals surface area contributed by atoms with Crippen LogP contribution in [0.4, 0.5) is 0 Å². The maximum absolute atomic E-state index is 12.6. The van der Waals surface area contributed by atoms with Crippen molar-refractivity contribution >= 4 is 34.3 Å². The van der Waals surface area contributed by atoms with Crippen LogP contribution in [0.2, 0.25) is 5.02 Å². The number of amides is 2. The fourth-order valence-corrected chi connectivity index (χ4v) is 3.90. The van der Waals surface area contributed by atoms with Gasteiger partial charge in [-0.25, -0.2) is 0 Å². The molecule has 1 spiro atoms. The number of nitrogens with zero attached hydrogens (tertiary/aromatic N) is 2. The number of carbonyl (C=O) groups excluding carboxylic acids is 2. The number of carbonyl (C=O) groups is 2. The topological polar surface area (TPSA) is 78.1 Å². The lowest BCUT2D eigenvalue weighted by Gasteiger charge is -2.33. The molecule has 4 rings (SSSR count). The van der Waals surface area contributed by atoms with Crippen LogP contribution in [0.15, 0.2) is 18.3 Å². The van der Waals surface area contributed by atoms with Crippen LogP contribution in [0.1, 0.15) is 43.0 Å². The zero-order valence-corrected chi connectivity index (χ0v) is 14.9. The number of piperidine rings is 1. The van der Waals surface area contributed by atoms with E-state index in [1.807, 2.05) is 4.90 Å². The molecule has 2 fully saturated rings. The van der Waals surface area contributed by atoms with Crippen LogP contribution in [0.5, 0.6) is 0 Å². The van der Waals surface area contributed by atoms with Crippen LogP contribution in [0.3, 0.4) is 0 Å². The van der Waals surface area contributed by atoms with E-state index >= 15 is 0 Å². The summed E-state index contributed by atoms with van der Waals surface area (Å²) in [5, 5.41) is 10.7. The van der Waals surface area contributed by atoms with Gasteiger partial charge in [-0.2, -0.15) is 5.10 Å². The Morgan fingerprint density at radius 3 is 2.68 bits per heavy atom. The van der Waals surface area contributed by atoms with Crippen LogP contribution in [-0.2, 0) is 4.79 Å². The minimum Gasteiger partial charge on any atom is -0.341 e. The molecule has 1 aromatic carbocycles. The zero-order valence-electron chi connectivity index (χ0n) is 14.1. The second-order valence-electron chi connectivity index (χ2n) is 7.27. The van der Waals surface area contributed by atoms with Crippen molar-refractivity contribution < 1.29 is 9.59 Å². The summed E-state index contributed by atoms with van der Waals surface area (Å²) in [5.74, 6) is -0.305. The minimum atomic E-state index is -0.557. The average molecular weight is 361 g/mol. The highest BCUT2D eigenvalue weighted by molar-refractivity contribution is 6.35. The molecule has 2 N–H and O–H groups in total. The Morgan fingerprint density at radius 1 is 1.28 bits per heavy atom. The van der Waals surface area contributed by atoms with Crippen molar-refractivity contribution in [3.05, 3.63) is 28.9 Å². The third kappa shape index (κ3) is 2.99. The van der Waals surface area contributed by atoms with Gasteiger partial charge in [0.2, 0.25) is 5.91 Å². The molecule has 1 aliphatic carbocycles. The van der Waals surface area contributed by atoms with Crippen LogP contribution in [-0.4, -0.2) is 46.0 Å². The average Bonchev–Trinajstić information content (AvgIpc) is 3.16. The van der Waals surface area contributed by atoms with Crippen molar-refractivity contribution in [1.82, 2.24) is 20.4 Å². The molecule has 1 saturated heterocycles. The summed E-state index contributed by atoms with van der Waals surface area (Å²) < 4.78 is 0. The third-order valence-electron chi connectivity index (χ3n) is 5.62. The smallest absolute Gasteiger partial charge is 0.252 e. The second-order valence-corrected chi connectivity index (χ2v) is 7.68. The number of benzene rings is 1. The lowest BCUT2D eigenvalue weighted by molar-refractivity contribution is -0.134. The monoisotopic (exact) mass is 360 g/mol. The number of aromatic nitrogens is 2. The van der Waals surface area contributed by atoms with E-state index in [1.165, 1.54) is 12.8 Å². The van der Waals surface area contributed by atoms with Crippen LogP contribution < -0.4 is 5.32 Å². The molecular weight excluding hydrogens is 340 g/mol. The quantitative estimate of drug-likeness (QED) is 0.883. The number of aromatic amines is 1. The van der Waals surface area contributed by atoms with Gasteiger partial charge in [0.25, 0.3) is 5.91 Å². The number of hydrogen-bond donors (Lipinski definition) is 2. The van der Waals surface area contributed by atoms with Gasteiger partial charge in [-0.1, -0.05) is 11.6 Å². The molecule has 1 atom stereocenters. The van der Waals surface area contributed by atoms with E-state index in [-0.39, 0.29) is 11.8 Å². The fourth-order valence-electron chi connectivity index (χ4n) is 3.69. The summed E-state index contributed by atoms with van der Waals surface area (Å²) >= 11 is 6.10. The van der Waals surface area contributed by atoms with Crippen molar-refractivity contribution in [1.29, 1.82) is 0 Å². The maximum atomic E-state index is 12.6. The van der Waals surface area contributed by atoms with Gasteiger partial charge in [-0.05, 0) is 50.2 Å². The highest BCUT2D eigenvalue weighted by atomic mass is 35.5. The Bertz CT molecular complexity index is 833. The molecule has 2 amide bonds. The Kier molecular flexibility index (Phi) is 3.95. The SMILES string of the molecule is C[C@H](NC(=O)c1ccc(Cl)c2[nH]ncc12)C(=O)N1CCC2(CC1)CC2. The molecule has 2 heterocycles. The summed E-state index contributed by atoms with van der Waals surface area (Å²) in [5.41, 5.74) is 1.61. The second kappa shape index (κ2) is 6.02. The lowest BCUT2D eigenvalue weighted by atomic mass is 9.93. The highest BCUT2D eigenvalue weighted by Crippen LogP contribution is 2.53. The Morgan fingerprint density at radius 2 is 2.00 bits per heavy atom. The van der Waals surface area contributed by atoms with E-state index in [1.54, 1.807) is 25.3 Å². The summed E-state index contributed by atoms with van der Waals surface area (Å²) in [7, 11) is 0. The first-order valence-corrected chi connectivity index (χ1v) is 9.08. The molecule has 0 unspecified atom stereocenters. The summed E-state index contributed by atoms with van der Waals surface area (Å²) in [6.45, 7) is 3.34. The lowest BCUT2D eigenvalue weighted by Crippen LogP contribution is -2.49. The van der Waals surface area contributed by atoms with Crippen molar-refractivity contribution in [2.45, 2.75) is 38.6 Å². The van der Waals surface area contributed by atoms with Crippen molar-refractivity contribution in [2.75, 3.05) is 13.1 Å². The van der Waals surface area contributed by atoms with Gasteiger partial charge in [-0.3, -0.25) is 14.7 Å². The van der Waals surface area contributed by atoms with Gasteiger partial charge in [-0.15, -0.1) is 0 Å². The molecule has 0 bridgehead atoms. The Balaban J connectivity index is 1.43. The van der Waals surface area contributed by atoms with Gasteiger partial charge < -0.3 is 10.2 Å². The van der Waals surface area contributed by atoms with Gasteiger partial charge in [0, 0.05) is 18.5 Å². The number of likely N-dealkylation sites (tertiary alicyclic amines) is 1. The molecule has 1 aromatic heterocycles. The molecule has 132 valence electrons. The first-order valence-electron chi connectivity index (χ1n) is 8.70. The summed E-state index contributed by atoms with van der Waals surface area (Å²) in [6.07, 6.45) is 6.36. The van der Waals surface area contributed by atoms with Crippen molar-refractivity contribution in [2.24, 2.45) is 5.41 Å². The highest BCUT2D eigenvalue weighted by Gasteiger charge is 2.45. The largest absolute Gasteiger partial charge is 0.341 e. The van der Waals surface area contributed by atoms with E-state index in [4.69, 9.17) is 11.6 Å². The predicted molar refractivity (Wildman–Crippen MR) is 95.5 cm³/mol. The number of fused-ring (bicyclic) bond motifs is 1. The zero-order chi connectivity index (χ0) is 17.6. The molecule has 25 heavy (non-hydrogen) atoms. The van der Waals surface area contributed by atoms with Crippen LogP contribution in [0, 0.1) is 5.41 Å². The molecule has 7 heteroatoms. The normalized spacial score (nSPS) is 19.8. The van der Waals surface area contributed by atoms with Gasteiger partial charge >= 0.3 is 0 Å². The molecule has 6 nitrogen and oxygen atoms in total. The van der Waals surface area contributed by atoms with Gasteiger partial charge in [0.05, 0.1) is 22.3 Å². The molecule has 2 aromatic rings. The van der Waals surface area contributed by atoms with Gasteiger partial charge in [0.15, 0.2) is 0 Å². The molecule has 2 aliphatic rings. The molecule has 1 aliphatic heterocycles. The number of nitrogens with one attached hydrogen (secondary N) is 2. The number of H-pyrrole nitrogens is 1. The van der Waals surface area contributed by atoms with Crippen molar-refractivity contribution in [3.63, 3.8) is 0 Å². The van der Waals surface area contributed by atoms with E-state index in [2.05, 4.69) is 15.5 Å². The van der Waals surface area contributed by atoms with E-state index in [0.29, 0.717) is 26.9 Å². The number of halogens is 1. The Hall–Kier alpha value is -2.08. The standard InChI is InChI=1S/C18H21ClN4O2/c1-11(17(25)23-8-6-18(4-5-18)7-9-23)21-16(24)12-2-3-14(19)15-13(12)10-20-22-15/h2-3,10-11H,4-9H2,1H3,(H,20,22)(H,21,24)/t11-/m0/s1. The number of hydrogen-bond acceptors (Lipinski definition) is 3. The minimum absolute atomic E-state index is 0.0127. The van der Waals surface area contributed by atoms with E-state index in [0.717, 1.165) is 25.9 Å². The van der Waals surface area contributed by atoms with Crippen LogP contribution in [0.25, 0.3) is 10.9 Å². The molecule has 0 radical (unpaired) electrons. The van der Waals surface area contributed by atoms with E-state index in [9.17, 15) is 9.59 Å². The maximum Gasteiger partial charge on any atom is 0.252 e. The van der Waals surface area contributed by atoms with Crippen LogP contribution >= 0.6 is 11.6 Å². The molecule has 1 saturated carbocycles. The van der Waals surface area contributed by atoms with E-state index < -0.39 is 6.04 Å². The first kappa shape index (κ1) is 16.4. The predicted octanol–water partition coefficient (Wildman–Crippen LogP) is 2.74. The van der Waals surface area contributed by atoms with Gasteiger partial charge in [0.1, 0.15) is 6.04 Å². The number of rotatable bonds is 3. The fraction of sp³-hybridized carbons (Fsp3) is 0.500. The first-order chi connectivity index (χ1) is 12.0. The Labute approximate surface area is 150 Å². The van der Waals surface area contributed by atoms with Crippen molar-refractivity contribution in [3.8, 4) is 0 Å². The summed E-state index contributed by atoms with van der Waals surface area (Å²) in [4.78, 5) is 27.1. The molecular formula is C18H21ClN4O2. The summed E-state index contributed by atoms with van der Waals surface area (Å²) in [6, 6.07) is 2.76. The third-order valence-corrected chi connectivity index (χ3v) is 5.94.